The summed E-state index contributed by atoms with van der Waals surface area (Å²) < 4.78 is 36.5. The van der Waals surface area contributed by atoms with Crippen molar-refractivity contribution in [2.24, 2.45) is 5.92 Å². The van der Waals surface area contributed by atoms with Crippen LogP contribution in [0.15, 0.2) is 60.7 Å². The molecule has 0 unspecified atom stereocenters. The van der Waals surface area contributed by atoms with Crippen molar-refractivity contribution in [3.63, 3.8) is 0 Å². The standard InChI is InChI=1S/C27H27F2IO/c1-2-18-3-7-20(8-4-18)24-15-16-25(27(29)26(24)28)21-9-13-23(14-10-21)31-17-19-5-11-22(30)12-6-19/h3-4,7-10,13-16,19,22H,2,5-6,11-12,17H2,1H3. The van der Waals surface area contributed by atoms with E-state index in [4.69, 9.17) is 4.74 Å². The highest BCUT2D eigenvalue weighted by atomic mass is 127. The molecule has 0 aliphatic heterocycles. The maximum absolute atomic E-state index is 14.9. The van der Waals surface area contributed by atoms with Crippen LogP contribution < -0.4 is 4.74 Å². The highest BCUT2D eigenvalue weighted by Crippen LogP contribution is 2.33. The minimum atomic E-state index is -0.818. The number of hydrogen-bond acceptors (Lipinski definition) is 1. The number of hydrogen-bond donors (Lipinski definition) is 0. The van der Waals surface area contributed by atoms with E-state index in [1.807, 2.05) is 36.4 Å². The van der Waals surface area contributed by atoms with E-state index in [-0.39, 0.29) is 11.1 Å². The third-order valence-electron chi connectivity index (χ3n) is 6.18. The van der Waals surface area contributed by atoms with Gasteiger partial charge < -0.3 is 4.74 Å². The number of halogens is 3. The Hall–Kier alpha value is -1.95. The zero-order chi connectivity index (χ0) is 21.8. The average Bonchev–Trinajstić information content (AvgIpc) is 2.81. The third-order valence-corrected chi connectivity index (χ3v) is 7.43. The van der Waals surface area contributed by atoms with Gasteiger partial charge in [0.25, 0.3) is 0 Å². The van der Waals surface area contributed by atoms with Gasteiger partial charge in [0, 0.05) is 15.1 Å². The first kappa shape index (κ1) is 22.3. The van der Waals surface area contributed by atoms with Gasteiger partial charge >= 0.3 is 0 Å². The molecule has 0 N–H and O–H groups in total. The Morgan fingerprint density at radius 3 is 1.81 bits per heavy atom. The molecule has 0 atom stereocenters. The lowest BCUT2D eigenvalue weighted by Crippen LogP contribution is -2.19. The number of ether oxygens (including phenoxy) is 1. The number of alkyl halides is 1. The van der Waals surface area contributed by atoms with Crippen molar-refractivity contribution in [3.05, 3.63) is 77.9 Å². The number of aryl methyl sites for hydroxylation is 1. The van der Waals surface area contributed by atoms with Gasteiger partial charge in [-0.05, 0) is 66.8 Å². The molecule has 0 spiro atoms. The van der Waals surface area contributed by atoms with Crippen LogP contribution in [-0.4, -0.2) is 10.5 Å². The summed E-state index contributed by atoms with van der Waals surface area (Å²) in [4.78, 5) is 0. The lowest BCUT2D eigenvalue weighted by molar-refractivity contribution is 0.212. The lowest BCUT2D eigenvalue weighted by Gasteiger charge is -2.25. The summed E-state index contributed by atoms with van der Waals surface area (Å²) >= 11 is 2.53. The molecule has 0 aromatic heterocycles. The average molecular weight is 532 g/mol. The Balaban J connectivity index is 1.47. The number of rotatable bonds is 6. The molecule has 0 radical (unpaired) electrons. The van der Waals surface area contributed by atoms with Crippen molar-refractivity contribution in [3.8, 4) is 28.0 Å². The van der Waals surface area contributed by atoms with E-state index in [1.54, 1.807) is 24.3 Å². The van der Waals surface area contributed by atoms with Gasteiger partial charge in [-0.2, -0.15) is 0 Å². The second-order valence-electron chi connectivity index (χ2n) is 8.29. The van der Waals surface area contributed by atoms with E-state index in [2.05, 4.69) is 29.5 Å². The molecule has 4 heteroatoms. The molecule has 162 valence electrons. The smallest absolute Gasteiger partial charge is 0.167 e. The zero-order valence-corrected chi connectivity index (χ0v) is 19.9. The largest absolute Gasteiger partial charge is 0.493 e. The molecule has 1 saturated carbocycles. The van der Waals surface area contributed by atoms with Gasteiger partial charge in [0.15, 0.2) is 11.6 Å². The van der Waals surface area contributed by atoms with Crippen molar-refractivity contribution in [2.75, 3.05) is 6.61 Å². The van der Waals surface area contributed by atoms with Crippen LogP contribution in [0.4, 0.5) is 8.78 Å². The van der Waals surface area contributed by atoms with Crippen molar-refractivity contribution in [2.45, 2.75) is 43.0 Å². The molecule has 1 aliphatic rings. The van der Waals surface area contributed by atoms with Gasteiger partial charge in [-0.25, -0.2) is 8.78 Å². The van der Waals surface area contributed by atoms with Gasteiger partial charge in [-0.15, -0.1) is 0 Å². The number of benzene rings is 3. The van der Waals surface area contributed by atoms with E-state index in [9.17, 15) is 8.78 Å². The molecule has 1 aliphatic carbocycles. The van der Waals surface area contributed by atoms with Crippen LogP contribution in [0.1, 0.15) is 38.2 Å². The maximum atomic E-state index is 14.9. The summed E-state index contributed by atoms with van der Waals surface area (Å²) in [6.45, 7) is 2.79. The van der Waals surface area contributed by atoms with Crippen LogP contribution in [0, 0.1) is 17.6 Å². The molecule has 3 aromatic rings. The van der Waals surface area contributed by atoms with Crippen LogP contribution in [0.5, 0.6) is 5.75 Å². The fourth-order valence-electron chi connectivity index (χ4n) is 4.15. The molecule has 0 saturated heterocycles. The first-order valence-corrected chi connectivity index (χ1v) is 12.2. The molecule has 1 fully saturated rings. The van der Waals surface area contributed by atoms with Crippen molar-refractivity contribution < 1.29 is 13.5 Å². The van der Waals surface area contributed by atoms with Crippen molar-refractivity contribution in [1.29, 1.82) is 0 Å². The molecular weight excluding hydrogens is 505 g/mol. The topological polar surface area (TPSA) is 9.23 Å². The minimum Gasteiger partial charge on any atom is -0.493 e. The fourth-order valence-corrected chi connectivity index (χ4v) is 4.87. The Labute approximate surface area is 197 Å². The summed E-state index contributed by atoms with van der Waals surface area (Å²) in [6, 6.07) is 18.2. The van der Waals surface area contributed by atoms with Crippen LogP contribution in [0.25, 0.3) is 22.3 Å². The Morgan fingerprint density at radius 1 is 0.774 bits per heavy atom. The van der Waals surface area contributed by atoms with Gasteiger partial charge in [0.05, 0.1) is 6.61 Å². The summed E-state index contributed by atoms with van der Waals surface area (Å²) in [5.74, 6) is -0.251. The molecule has 1 nitrogen and oxygen atoms in total. The van der Waals surface area contributed by atoms with Gasteiger partial charge in [-0.1, -0.05) is 78.0 Å². The zero-order valence-electron chi connectivity index (χ0n) is 17.7. The highest BCUT2D eigenvalue weighted by molar-refractivity contribution is 14.1. The monoisotopic (exact) mass is 532 g/mol. The SMILES string of the molecule is CCc1ccc(-c2ccc(-c3ccc(OCC4CCC(I)CC4)cc3)c(F)c2F)cc1. The first-order chi connectivity index (χ1) is 15.0. The van der Waals surface area contributed by atoms with Crippen molar-refractivity contribution >= 4 is 22.6 Å². The van der Waals surface area contributed by atoms with Crippen LogP contribution >= 0.6 is 22.6 Å². The Kier molecular flexibility index (Phi) is 7.26. The summed E-state index contributed by atoms with van der Waals surface area (Å²) in [5, 5.41) is 0. The van der Waals surface area contributed by atoms with E-state index < -0.39 is 11.6 Å². The minimum absolute atomic E-state index is 0.262. The highest BCUT2D eigenvalue weighted by Gasteiger charge is 2.20. The quantitative estimate of drug-likeness (QED) is 0.230. The predicted molar refractivity (Wildman–Crippen MR) is 132 cm³/mol. The first-order valence-electron chi connectivity index (χ1n) is 11.0. The third kappa shape index (κ3) is 5.28. The van der Waals surface area contributed by atoms with E-state index in [0.29, 0.717) is 17.0 Å². The molecule has 0 heterocycles. The van der Waals surface area contributed by atoms with Crippen LogP contribution in [-0.2, 0) is 6.42 Å². The predicted octanol–water partition coefficient (Wildman–Crippen LogP) is 8.23. The lowest BCUT2D eigenvalue weighted by atomic mass is 9.90. The summed E-state index contributed by atoms with van der Waals surface area (Å²) in [5.41, 5.74) is 3.03. The van der Waals surface area contributed by atoms with Crippen molar-refractivity contribution in [1.82, 2.24) is 0 Å². The summed E-state index contributed by atoms with van der Waals surface area (Å²) in [7, 11) is 0. The second-order valence-corrected chi connectivity index (χ2v) is 10.1. The Morgan fingerprint density at radius 2 is 1.29 bits per heavy atom. The van der Waals surface area contributed by atoms with Crippen LogP contribution in [0.2, 0.25) is 0 Å². The van der Waals surface area contributed by atoms with E-state index in [0.717, 1.165) is 22.7 Å². The van der Waals surface area contributed by atoms with Gasteiger partial charge in [-0.3, -0.25) is 0 Å². The van der Waals surface area contributed by atoms with E-state index in [1.165, 1.54) is 31.2 Å². The Bertz CT molecular complexity index is 1010. The van der Waals surface area contributed by atoms with Crippen LogP contribution in [0.3, 0.4) is 0 Å². The second kappa shape index (κ2) is 10.1. The maximum Gasteiger partial charge on any atom is 0.167 e. The van der Waals surface area contributed by atoms with Gasteiger partial charge in [0.1, 0.15) is 5.75 Å². The molecule has 0 amide bonds. The normalized spacial score (nSPS) is 18.7. The molecule has 31 heavy (non-hydrogen) atoms. The van der Waals surface area contributed by atoms with Gasteiger partial charge in [0.2, 0.25) is 0 Å². The molecule has 3 aromatic carbocycles. The fraction of sp³-hybridized carbons (Fsp3) is 0.333. The molecule has 4 rings (SSSR count). The summed E-state index contributed by atoms with van der Waals surface area (Å²) in [6.07, 6.45) is 5.86. The van der Waals surface area contributed by atoms with E-state index >= 15 is 0 Å². The molecular formula is C27H27F2IO. The molecule has 0 bridgehead atoms.